The Morgan fingerprint density at radius 2 is 1.84 bits per heavy atom. The van der Waals surface area contributed by atoms with Gasteiger partial charge in [-0.3, -0.25) is 14.7 Å². The van der Waals surface area contributed by atoms with Gasteiger partial charge in [0.05, 0.1) is 20.5 Å². The third-order valence-electron chi connectivity index (χ3n) is 4.40. The van der Waals surface area contributed by atoms with Gasteiger partial charge < -0.3 is 9.84 Å². The van der Waals surface area contributed by atoms with Crippen molar-refractivity contribution in [1.29, 1.82) is 0 Å². The van der Waals surface area contributed by atoms with Gasteiger partial charge in [0.15, 0.2) is 10.9 Å². The number of hydrogen-bond donors (Lipinski definition) is 1. The molecule has 0 unspecified atom stereocenters. The fraction of sp³-hybridized carbons (Fsp3) is 0.227. The molecule has 0 spiro atoms. The Balaban J connectivity index is 1.77. The standard InChI is InChI=1S/C22H20Cl2N2O4S/c1-3-25-22-26(4-2)20(27)18(31-22)11-14-9-16(23)19(17(24)10-14)30-12-13-5-7-15(8-6-13)21(28)29/h5-11H,3-4,12H2,1-2H3,(H,28,29)/b18-11-,25-22?. The first kappa shape index (κ1) is 23.2. The molecule has 9 heteroatoms. The number of hydrogen-bond acceptors (Lipinski definition) is 5. The topological polar surface area (TPSA) is 79.2 Å². The van der Waals surface area contributed by atoms with Crippen LogP contribution in [0.1, 0.15) is 35.3 Å². The molecule has 1 aliphatic heterocycles. The number of benzene rings is 2. The summed E-state index contributed by atoms with van der Waals surface area (Å²) in [5, 5.41) is 10.3. The van der Waals surface area contributed by atoms with Gasteiger partial charge in [-0.25, -0.2) is 4.79 Å². The van der Waals surface area contributed by atoms with Crippen LogP contribution in [0.2, 0.25) is 10.0 Å². The number of carboxylic acids is 1. The van der Waals surface area contributed by atoms with Gasteiger partial charge >= 0.3 is 5.97 Å². The summed E-state index contributed by atoms with van der Waals surface area (Å²) in [7, 11) is 0. The summed E-state index contributed by atoms with van der Waals surface area (Å²) in [5.74, 6) is -0.768. The molecule has 31 heavy (non-hydrogen) atoms. The van der Waals surface area contributed by atoms with Crippen LogP contribution in [0, 0.1) is 0 Å². The average Bonchev–Trinajstić information content (AvgIpc) is 3.02. The van der Waals surface area contributed by atoms with Crippen molar-refractivity contribution in [2.45, 2.75) is 20.5 Å². The summed E-state index contributed by atoms with van der Waals surface area (Å²) in [6, 6.07) is 9.71. The summed E-state index contributed by atoms with van der Waals surface area (Å²) in [6.45, 7) is 5.15. The number of nitrogens with zero attached hydrogens (tertiary/aromatic N) is 2. The van der Waals surface area contributed by atoms with E-state index in [4.69, 9.17) is 33.0 Å². The van der Waals surface area contributed by atoms with Crippen molar-refractivity contribution in [3.8, 4) is 5.75 Å². The Labute approximate surface area is 194 Å². The van der Waals surface area contributed by atoms with Crippen LogP contribution in [0.25, 0.3) is 6.08 Å². The second kappa shape index (κ2) is 10.2. The van der Waals surface area contributed by atoms with Crippen molar-refractivity contribution in [3.05, 3.63) is 68.0 Å². The van der Waals surface area contributed by atoms with E-state index in [0.717, 1.165) is 5.56 Å². The Kier molecular flexibility index (Phi) is 7.64. The quantitative estimate of drug-likeness (QED) is 0.525. The molecule has 6 nitrogen and oxygen atoms in total. The second-order valence-corrected chi connectivity index (χ2v) is 8.34. The molecular weight excluding hydrogens is 459 g/mol. The number of carbonyl (C=O) groups excluding carboxylic acids is 1. The Bertz CT molecular complexity index is 1040. The predicted molar refractivity (Wildman–Crippen MR) is 125 cm³/mol. The van der Waals surface area contributed by atoms with Crippen molar-refractivity contribution < 1.29 is 19.4 Å². The molecule has 0 aliphatic carbocycles. The minimum atomic E-state index is -0.989. The highest BCUT2D eigenvalue weighted by Crippen LogP contribution is 2.37. The number of ether oxygens (including phenoxy) is 1. The van der Waals surface area contributed by atoms with E-state index in [-0.39, 0.29) is 18.1 Å². The lowest BCUT2D eigenvalue weighted by Gasteiger charge is -2.12. The fourth-order valence-electron chi connectivity index (χ4n) is 2.89. The molecule has 0 radical (unpaired) electrons. The van der Waals surface area contributed by atoms with Gasteiger partial charge in [0.1, 0.15) is 6.61 Å². The summed E-state index contributed by atoms with van der Waals surface area (Å²) in [6.07, 6.45) is 1.74. The summed E-state index contributed by atoms with van der Waals surface area (Å²) in [4.78, 5) is 30.1. The van der Waals surface area contributed by atoms with Gasteiger partial charge in [-0.15, -0.1) is 0 Å². The third kappa shape index (κ3) is 5.42. The largest absolute Gasteiger partial charge is 0.486 e. The van der Waals surface area contributed by atoms with Crippen LogP contribution >= 0.6 is 35.0 Å². The maximum atomic E-state index is 12.6. The number of halogens is 2. The monoisotopic (exact) mass is 478 g/mol. The molecule has 1 saturated heterocycles. The molecule has 0 aromatic heterocycles. The molecule has 1 heterocycles. The van der Waals surface area contributed by atoms with E-state index in [1.165, 1.54) is 23.9 Å². The van der Waals surface area contributed by atoms with Gasteiger partial charge in [-0.2, -0.15) is 0 Å². The van der Waals surface area contributed by atoms with E-state index >= 15 is 0 Å². The number of carboxylic acid groups (broad SMARTS) is 1. The van der Waals surface area contributed by atoms with Gasteiger partial charge in [-0.05, 0) is 67.1 Å². The van der Waals surface area contributed by atoms with Gasteiger partial charge in [0.25, 0.3) is 5.91 Å². The first-order valence-corrected chi connectivity index (χ1v) is 11.1. The van der Waals surface area contributed by atoms with Crippen molar-refractivity contribution in [1.82, 2.24) is 4.90 Å². The summed E-state index contributed by atoms with van der Waals surface area (Å²) < 4.78 is 5.75. The lowest BCUT2D eigenvalue weighted by Crippen LogP contribution is -2.28. The molecule has 0 saturated carbocycles. The van der Waals surface area contributed by atoms with Crippen molar-refractivity contribution in [2.75, 3.05) is 13.1 Å². The Morgan fingerprint density at radius 3 is 2.39 bits per heavy atom. The zero-order chi connectivity index (χ0) is 22.5. The lowest BCUT2D eigenvalue weighted by atomic mass is 10.1. The molecule has 2 aromatic rings. The zero-order valence-electron chi connectivity index (χ0n) is 16.9. The number of carbonyl (C=O) groups is 2. The summed E-state index contributed by atoms with van der Waals surface area (Å²) in [5.41, 5.74) is 1.65. The number of aliphatic imine (C=N–C) groups is 1. The number of thioether (sulfide) groups is 1. The molecule has 1 amide bonds. The van der Waals surface area contributed by atoms with Crippen molar-refractivity contribution in [3.63, 3.8) is 0 Å². The molecule has 0 bridgehead atoms. The third-order valence-corrected chi connectivity index (χ3v) is 6.01. The molecule has 0 atom stereocenters. The maximum Gasteiger partial charge on any atom is 0.335 e. The van der Waals surface area contributed by atoms with Gasteiger partial charge in [0.2, 0.25) is 0 Å². The normalized spacial score (nSPS) is 16.4. The van der Waals surface area contributed by atoms with E-state index in [9.17, 15) is 9.59 Å². The number of amides is 1. The molecule has 3 rings (SSSR count). The van der Waals surface area contributed by atoms with E-state index in [1.807, 2.05) is 13.8 Å². The molecular formula is C22H20Cl2N2O4S. The first-order chi connectivity index (χ1) is 14.8. The highest BCUT2D eigenvalue weighted by Gasteiger charge is 2.31. The molecule has 1 fully saturated rings. The molecule has 1 N–H and O–H groups in total. The van der Waals surface area contributed by atoms with Crippen LogP contribution in [-0.2, 0) is 11.4 Å². The van der Waals surface area contributed by atoms with Crippen molar-refractivity contribution in [2.24, 2.45) is 4.99 Å². The van der Waals surface area contributed by atoms with E-state index in [1.54, 1.807) is 35.2 Å². The minimum Gasteiger partial charge on any atom is -0.486 e. The Hall–Kier alpha value is -2.48. The SMILES string of the molecule is CCN=C1S/C(=C\c2cc(Cl)c(OCc3ccc(C(=O)O)cc3)c(Cl)c2)C(=O)N1CC. The smallest absolute Gasteiger partial charge is 0.335 e. The van der Waals surface area contributed by atoms with Crippen LogP contribution in [0.5, 0.6) is 5.75 Å². The van der Waals surface area contributed by atoms with E-state index in [0.29, 0.717) is 44.5 Å². The van der Waals surface area contributed by atoms with E-state index in [2.05, 4.69) is 4.99 Å². The maximum absolute atomic E-state index is 12.6. The predicted octanol–water partition coefficient (Wildman–Crippen LogP) is 5.58. The molecule has 162 valence electrons. The lowest BCUT2D eigenvalue weighted by molar-refractivity contribution is -0.122. The Morgan fingerprint density at radius 1 is 1.19 bits per heavy atom. The van der Waals surface area contributed by atoms with Crippen LogP contribution in [-0.4, -0.2) is 40.1 Å². The van der Waals surface area contributed by atoms with Gasteiger partial charge in [-0.1, -0.05) is 35.3 Å². The minimum absolute atomic E-state index is 0.0999. The van der Waals surface area contributed by atoms with Crippen molar-refractivity contribution >= 4 is 58.1 Å². The zero-order valence-corrected chi connectivity index (χ0v) is 19.2. The number of likely N-dealkylation sites (N-methyl/N-ethyl adjacent to an activating group) is 1. The fourth-order valence-corrected chi connectivity index (χ4v) is 4.61. The first-order valence-electron chi connectivity index (χ1n) is 9.54. The van der Waals surface area contributed by atoms with Crippen LogP contribution in [0.3, 0.4) is 0 Å². The summed E-state index contributed by atoms with van der Waals surface area (Å²) >= 11 is 14.1. The van der Waals surface area contributed by atoms with Crippen LogP contribution < -0.4 is 4.74 Å². The number of rotatable bonds is 7. The molecule has 1 aliphatic rings. The number of aromatic carboxylic acids is 1. The average molecular weight is 479 g/mol. The second-order valence-electron chi connectivity index (χ2n) is 6.52. The van der Waals surface area contributed by atoms with Crippen LogP contribution in [0.4, 0.5) is 0 Å². The van der Waals surface area contributed by atoms with Gasteiger partial charge in [0, 0.05) is 13.1 Å². The van der Waals surface area contributed by atoms with Crippen LogP contribution in [0.15, 0.2) is 46.3 Å². The highest BCUT2D eigenvalue weighted by atomic mass is 35.5. The number of amidine groups is 1. The van der Waals surface area contributed by atoms with E-state index < -0.39 is 5.97 Å². The highest BCUT2D eigenvalue weighted by molar-refractivity contribution is 8.18. The molecule has 2 aromatic carbocycles.